The van der Waals surface area contributed by atoms with Crippen LogP contribution in [-0.4, -0.2) is 23.4 Å². The van der Waals surface area contributed by atoms with Gasteiger partial charge in [-0.2, -0.15) is 0 Å². The van der Waals surface area contributed by atoms with E-state index in [-0.39, 0.29) is 12.1 Å². The zero-order valence-corrected chi connectivity index (χ0v) is 10.7. The van der Waals surface area contributed by atoms with Crippen LogP contribution in [0.4, 0.5) is 0 Å². The number of hydrogen-bond donors (Lipinski definition) is 2. The fraction of sp³-hybridized carbons (Fsp3) is 0.571. The Morgan fingerprint density at radius 2 is 2.12 bits per heavy atom. The van der Waals surface area contributed by atoms with Crippen molar-refractivity contribution in [2.45, 2.75) is 44.9 Å². The molecule has 17 heavy (non-hydrogen) atoms. The van der Waals surface area contributed by atoms with Gasteiger partial charge in [0, 0.05) is 24.1 Å². The molecule has 0 bridgehead atoms. The van der Waals surface area contributed by atoms with E-state index in [1.54, 1.807) is 0 Å². The van der Waals surface area contributed by atoms with E-state index in [9.17, 15) is 5.11 Å². The first-order valence-corrected chi connectivity index (χ1v) is 6.18. The summed E-state index contributed by atoms with van der Waals surface area (Å²) in [6.07, 6.45) is 0.942. The van der Waals surface area contributed by atoms with Crippen molar-refractivity contribution in [3.8, 4) is 5.75 Å². The van der Waals surface area contributed by atoms with Crippen LogP contribution in [0.1, 0.15) is 38.8 Å². The van der Waals surface area contributed by atoms with Crippen molar-refractivity contribution >= 4 is 0 Å². The molecular formula is C14H21NO2. The highest BCUT2D eigenvalue weighted by Crippen LogP contribution is 2.32. The van der Waals surface area contributed by atoms with E-state index < -0.39 is 5.60 Å². The molecule has 1 aliphatic heterocycles. The van der Waals surface area contributed by atoms with Gasteiger partial charge in [0.1, 0.15) is 5.75 Å². The van der Waals surface area contributed by atoms with E-state index in [1.807, 2.05) is 39.0 Å². The zero-order valence-electron chi connectivity index (χ0n) is 10.7. The van der Waals surface area contributed by atoms with Gasteiger partial charge in [-0.15, -0.1) is 0 Å². The molecule has 0 aliphatic carbocycles. The van der Waals surface area contributed by atoms with Gasteiger partial charge in [0.15, 0.2) is 0 Å². The Hall–Kier alpha value is -1.06. The lowest BCUT2D eigenvalue weighted by Gasteiger charge is -2.34. The lowest BCUT2D eigenvalue weighted by Crippen LogP contribution is -2.46. The van der Waals surface area contributed by atoms with Crippen molar-refractivity contribution in [3.05, 3.63) is 29.8 Å². The summed E-state index contributed by atoms with van der Waals surface area (Å²) in [6, 6.07) is 8.40. The fourth-order valence-corrected chi connectivity index (χ4v) is 2.02. The van der Waals surface area contributed by atoms with Crippen molar-refractivity contribution in [1.29, 1.82) is 0 Å². The van der Waals surface area contributed by atoms with E-state index in [4.69, 9.17) is 4.74 Å². The second kappa shape index (κ2) is 4.67. The second-order valence-corrected chi connectivity index (χ2v) is 5.27. The molecule has 94 valence electrons. The maximum atomic E-state index is 9.97. The second-order valence-electron chi connectivity index (χ2n) is 5.27. The summed E-state index contributed by atoms with van der Waals surface area (Å²) >= 11 is 0. The first-order chi connectivity index (χ1) is 7.98. The normalized spacial score (nSPS) is 21.5. The van der Waals surface area contributed by atoms with E-state index in [1.165, 1.54) is 5.56 Å². The maximum Gasteiger partial charge on any atom is 0.124 e. The minimum absolute atomic E-state index is 0.0404. The van der Waals surface area contributed by atoms with Gasteiger partial charge in [-0.3, -0.25) is 0 Å². The third kappa shape index (κ3) is 2.79. The minimum atomic E-state index is -0.715. The molecule has 3 heteroatoms. The highest BCUT2D eigenvalue weighted by atomic mass is 16.5. The predicted octanol–water partition coefficient (Wildman–Crippen LogP) is 2.26. The first kappa shape index (κ1) is 12.4. The first-order valence-electron chi connectivity index (χ1n) is 6.18. The maximum absolute atomic E-state index is 9.97. The van der Waals surface area contributed by atoms with Crippen molar-refractivity contribution < 1.29 is 9.84 Å². The van der Waals surface area contributed by atoms with Crippen molar-refractivity contribution in [1.82, 2.24) is 5.32 Å². The third-order valence-electron chi connectivity index (χ3n) is 3.47. The molecule has 2 rings (SSSR count). The number of ether oxygens (including phenoxy) is 1. The quantitative estimate of drug-likeness (QED) is 0.844. The summed E-state index contributed by atoms with van der Waals surface area (Å²) in [5, 5.41) is 13.5. The third-order valence-corrected chi connectivity index (χ3v) is 3.47. The number of benzene rings is 1. The van der Waals surface area contributed by atoms with Crippen LogP contribution in [0.3, 0.4) is 0 Å². The Morgan fingerprint density at radius 1 is 1.41 bits per heavy atom. The molecule has 0 radical (unpaired) electrons. The number of fused-ring (bicyclic) bond motifs is 1. The number of rotatable bonds is 3. The average Bonchev–Trinajstić information content (AvgIpc) is 2.28. The van der Waals surface area contributed by atoms with Crippen LogP contribution in [0.2, 0.25) is 0 Å². The summed E-state index contributed by atoms with van der Waals surface area (Å²) in [6.45, 7) is 6.40. The number of para-hydroxylation sites is 1. The fourth-order valence-electron chi connectivity index (χ4n) is 2.02. The highest BCUT2D eigenvalue weighted by molar-refractivity contribution is 5.37. The highest BCUT2D eigenvalue weighted by Gasteiger charge is 2.28. The molecule has 0 saturated heterocycles. The number of aliphatic hydroxyl groups is 1. The summed E-state index contributed by atoms with van der Waals surface area (Å²) in [5.41, 5.74) is 0.475. The molecule has 1 aliphatic rings. The Balaban J connectivity index is 2.14. The molecule has 3 nitrogen and oxygen atoms in total. The summed E-state index contributed by atoms with van der Waals surface area (Å²) in [7, 11) is 0. The van der Waals surface area contributed by atoms with E-state index in [0.29, 0.717) is 0 Å². The number of hydrogen-bond acceptors (Lipinski definition) is 3. The Kier molecular flexibility index (Phi) is 3.40. The topological polar surface area (TPSA) is 41.5 Å². The van der Waals surface area contributed by atoms with Crippen molar-refractivity contribution in [2.24, 2.45) is 0 Å². The molecule has 2 unspecified atom stereocenters. The van der Waals surface area contributed by atoms with E-state index >= 15 is 0 Å². The minimum Gasteiger partial charge on any atom is -0.493 e. The van der Waals surface area contributed by atoms with Crippen LogP contribution in [0.15, 0.2) is 24.3 Å². The van der Waals surface area contributed by atoms with E-state index in [0.717, 1.165) is 18.8 Å². The summed E-state index contributed by atoms with van der Waals surface area (Å²) in [4.78, 5) is 0. The van der Waals surface area contributed by atoms with Gasteiger partial charge in [-0.25, -0.2) is 0 Å². The van der Waals surface area contributed by atoms with Crippen molar-refractivity contribution in [3.63, 3.8) is 0 Å². The molecule has 0 spiro atoms. The van der Waals surface area contributed by atoms with Crippen molar-refractivity contribution in [2.75, 3.05) is 6.61 Å². The average molecular weight is 235 g/mol. The Bertz CT molecular complexity index is 384. The van der Waals surface area contributed by atoms with Gasteiger partial charge in [0.2, 0.25) is 0 Å². The van der Waals surface area contributed by atoms with Crippen LogP contribution in [-0.2, 0) is 0 Å². The standard InChI is InChI=1S/C14H21NO2/c1-10(14(2,3)16)15-12-8-9-17-13-7-5-4-6-11(12)13/h4-7,10,12,15-16H,8-9H2,1-3H3. The predicted molar refractivity (Wildman–Crippen MR) is 68.2 cm³/mol. The smallest absolute Gasteiger partial charge is 0.124 e. The number of nitrogens with one attached hydrogen (secondary N) is 1. The molecule has 2 atom stereocenters. The summed E-state index contributed by atoms with van der Waals surface area (Å²) in [5.74, 6) is 0.958. The van der Waals surface area contributed by atoms with Crippen LogP contribution in [0.5, 0.6) is 5.75 Å². The lowest BCUT2D eigenvalue weighted by atomic mass is 9.95. The Labute approximate surface area is 103 Å². The van der Waals surface area contributed by atoms with Gasteiger partial charge in [0.25, 0.3) is 0 Å². The monoisotopic (exact) mass is 235 g/mol. The molecule has 1 aromatic carbocycles. The van der Waals surface area contributed by atoms with Crippen LogP contribution in [0, 0.1) is 0 Å². The van der Waals surface area contributed by atoms with Crippen LogP contribution in [0.25, 0.3) is 0 Å². The molecule has 1 heterocycles. The lowest BCUT2D eigenvalue weighted by molar-refractivity contribution is 0.0373. The molecule has 0 aromatic heterocycles. The van der Waals surface area contributed by atoms with Crippen LogP contribution < -0.4 is 10.1 Å². The molecule has 0 saturated carbocycles. The largest absolute Gasteiger partial charge is 0.493 e. The van der Waals surface area contributed by atoms with Gasteiger partial charge in [0.05, 0.1) is 12.2 Å². The molecule has 2 N–H and O–H groups in total. The molecule has 0 fully saturated rings. The van der Waals surface area contributed by atoms with Crippen LogP contribution >= 0.6 is 0 Å². The van der Waals surface area contributed by atoms with Gasteiger partial charge in [-0.05, 0) is 26.8 Å². The van der Waals surface area contributed by atoms with E-state index in [2.05, 4.69) is 11.4 Å². The SMILES string of the molecule is CC(NC1CCOc2ccccc21)C(C)(C)O. The Morgan fingerprint density at radius 3 is 2.82 bits per heavy atom. The van der Waals surface area contributed by atoms with Gasteiger partial charge in [-0.1, -0.05) is 18.2 Å². The summed E-state index contributed by atoms with van der Waals surface area (Å²) < 4.78 is 5.62. The van der Waals surface area contributed by atoms with Gasteiger partial charge < -0.3 is 15.2 Å². The van der Waals surface area contributed by atoms with Gasteiger partial charge >= 0.3 is 0 Å². The molecule has 0 amide bonds. The molecular weight excluding hydrogens is 214 g/mol. The zero-order chi connectivity index (χ0) is 12.5. The molecule has 1 aromatic rings.